The lowest BCUT2D eigenvalue weighted by Crippen LogP contribution is -2.43. The van der Waals surface area contributed by atoms with Gasteiger partial charge in [-0.05, 0) is 55.8 Å². The molecule has 1 saturated heterocycles. The maximum Gasteiger partial charge on any atom is 0.241 e. The Balaban J connectivity index is 1.39. The molecule has 4 rings (SSSR count). The molecular formula is C22H23ClN4O2. The van der Waals surface area contributed by atoms with E-state index in [4.69, 9.17) is 16.1 Å². The highest BCUT2D eigenvalue weighted by Gasteiger charge is 2.29. The molecule has 0 aliphatic carbocycles. The Morgan fingerprint density at radius 2 is 1.97 bits per heavy atom. The third kappa shape index (κ3) is 4.66. The average Bonchev–Trinajstić information content (AvgIpc) is 3.22. The van der Waals surface area contributed by atoms with E-state index in [2.05, 4.69) is 15.0 Å². The molecule has 3 aromatic rings. The topological polar surface area (TPSA) is 62.5 Å². The van der Waals surface area contributed by atoms with Crippen LogP contribution in [0.5, 0.6) is 0 Å². The van der Waals surface area contributed by atoms with Crippen molar-refractivity contribution in [3.8, 4) is 11.4 Å². The number of anilines is 1. The first-order valence-corrected chi connectivity index (χ1v) is 10.1. The summed E-state index contributed by atoms with van der Waals surface area (Å²) in [5, 5.41) is 4.74. The number of benzene rings is 2. The normalized spacial score (nSPS) is 17.2. The van der Waals surface area contributed by atoms with E-state index in [1.807, 2.05) is 49.5 Å². The fraction of sp³-hybridized carbons (Fsp3) is 0.318. The molecule has 150 valence electrons. The molecule has 1 aliphatic heterocycles. The Hall–Kier alpha value is -2.70. The Morgan fingerprint density at radius 1 is 1.21 bits per heavy atom. The van der Waals surface area contributed by atoms with Gasteiger partial charge in [0.05, 0.1) is 12.5 Å². The summed E-state index contributed by atoms with van der Waals surface area (Å²) in [6, 6.07) is 17.1. The zero-order valence-corrected chi connectivity index (χ0v) is 17.0. The van der Waals surface area contributed by atoms with Gasteiger partial charge in [-0.15, -0.1) is 0 Å². The Kier molecular flexibility index (Phi) is 5.92. The van der Waals surface area contributed by atoms with Crippen LogP contribution in [0, 0.1) is 5.92 Å². The predicted molar refractivity (Wildman–Crippen MR) is 113 cm³/mol. The molecule has 2 heterocycles. The number of para-hydroxylation sites is 1. The third-order valence-electron chi connectivity index (χ3n) is 5.26. The molecule has 0 saturated carbocycles. The molecular weight excluding hydrogens is 388 g/mol. The number of piperidine rings is 1. The molecule has 29 heavy (non-hydrogen) atoms. The molecule has 1 amide bonds. The van der Waals surface area contributed by atoms with Crippen molar-refractivity contribution in [3.63, 3.8) is 0 Å². The summed E-state index contributed by atoms with van der Waals surface area (Å²) in [6.07, 6.45) is 1.86. The van der Waals surface area contributed by atoms with Crippen molar-refractivity contribution in [1.82, 2.24) is 15.0 Å². The summed E-state index contributed by atoms with van der Waals surface area (Å²) in [6.45, 7) is 2.14. The number of hydrogen-bond donors (Lipinski definition) is 0. The summed E-state index contributed by atoms with van der Waals surface area (Å²) < 4.78 is 5.43. The van der Waals surface area contributed by atoms with Gasteiger partial charge in [0.15, 0.2) is 0 Å². The first-order chi connectivity index (χ1) is 14.1. The van der Waals surface area contributed by atoms with E-state index in [9.17, 15) is 4.79 Å². The van der Waals surface area contributed by atoms with Crippen molar-refractivity contribution in [3.05, 3.63) is 65.5 Å². The summed E-state index contributed by atoms with van der Waals surface area (Å²) in [5.41, 5.74) is 1.78. The second-order valence-electron chi connectivity index (χ2n) is 7.33. The number of aromatic nitrogens is 2. The smallest absolute Gasteiger partial charge is 0.241 e. The molecule has 0 radical (unpaired) electrons. The number of halogens is 1. The standard InChI is InChI=1S/C22H23ClN4O2/c1-26(19-7-3-2-4-8-19)22(28)17-6-5-13-27(14-17)15-20-24-21(25-29-20)16-9-11-18(23)12-10-16/h2-4,7-12,17H,5-6,13-15H2,1H3. The number of nitrogens with zero attached hydrogens (tertiary/aromatic N) is 4. The van der Waals surface area contributed by atoms with Crippen LogP contribution < -0.4 is 4.90 Å². The van der Waals surface area contributed by atoms with Crippen molar-refractivity contribution >= 4 is 23.2 Å². The lowest BCUT2D eigenvalue weighted by Gasteiger charge is -2.33. The highest BCUT2D eigenvalue weighted by molar-refractivity contribution is 6.30. The van der Waals surface area contributed by atoms with Gasteiger partial charge in [0.25, 0.3) is 0 Å². The maximum atomic E-state index is 13.0. The zero-order valence-electron chi connectivity index (χ0n) is 16.3. The molecule has 0 N–H and O–H groups in total. The van der Waals surface area contributed by atoms with Crippen molar-refractivity contribution in [2.75, 3.05) is 25.0 Å². The van der Waals surface area contributed by atoms with Crippen LogP contribution in [0.3, 0.4) is 0 Å². The first kappa shape index (κ1) is 19.6. The summed E-state index contributed by atoms with van der Waals surface area (Å²) in [5.74, 6) is 1.21. The van der Waals surface area contributed by atoms with E-state index in [-0.39, 0.29) is 11.8 Å². The molecule has 0 spiro atoms. The maximum absolute atomic E-state index is 13.0. The first-order valence-electron chi connectivity index (χ1n) is 9.73. The lowest BCUT2D eigenvalue weighted by atomic mass is 9.96. The van der Waals surface area contributed by atoms with E-state index in [1.54, 1.807) is 17.0 Å². The van der Waals surface area contributed by atoms with Gasteiger partial charge in [-0.3, -0.25) is 9.69 Å². The van der Waals surface area contributed by atoms with Crippen LogP contribution in [-0.4, -0.2) is 41.1 Å². The lowest BCUT2D eigenvalue weighted by molar-refractivity contribution is -0.123. The SMILES string of the molecule is CN(C(=O)C1CCCN(Cc2nc(-c3ccc(Cl)cc3)no2)C1)c1ccccc1. The van der Waals surface area contributed by atoms with Crippen LogP contribution in [0.25, 0.3) is 11.4 Å². The largest absolute Gasteiger partial charge is 0.338 e. The predicted octanol–water partition coefficient (Wildman–Crippen LogP) is 4.27. The zero-order chi connectivity index (χ0) is 20.2. The average molecular weight is 411 g/mol. The third-order valence-corrected chi connectivity index (χ3v) is 5.51. The van der Waals surface area contributed by atoms with E-state index in [0.29, 0.717) is 29.8 Å². The Labute approximate surface area is 175 Å². The van der Waals surface area contributed by atoms with Crippen LogP contribution in [0.2, 0.25) is 5.02 Å². The van der Waals surface area contributed by atoms with Crippen LogP contribution in [0.4, 0.5) is 5.69 Å². The number of carbonyl (C=O) groups is 1. The molecule has 1 atom stereocenters. The summed E-state index contributed by atoms with van der Waals surface area (Å²) in [7, 11) is 1.84. The summed E-state index contributed by atoms with van der Waals surface area (Å²) in [4.78, 5) is 21.4. The molecule has 0 bridgehead atoms. The Bertz CT molecular complexity index is 958. The fourth-order valence-electron chi connectivity index (χ4n) is 3.68. The van der Waals surface area contributed by atoms with Crippen molar-refractivity contribution in [2.24, 2.45) is 5.92 Å². The molecule has 1 unspecified atom stereocenters. The molecule has 1 fully saturated rings. The number of likely N-dealkylation sites (tertiary alicyclic amines) is 1. The second-order valence-corrected chi connectivity index (χ2v) is 7.76. The van der Waals surface area contributed by atoms with Gasteiger partial charge in [-0.1, -0.05) is 35.0 Å². The van der Waals surface area contributed by atoms with E-state index in [1.165, 1.54) is 0 Å². The van der Waals surface area contributed by atoms with Gasteiger partial charge in [-0.2, -0.15) is 4.98 Å². The van der Waals surface area contributed by atoms with Crippen molar-refractivity contribution in [2.45, 2.75) is 19.4 Å². The molecule has 1 aromatic heterocycles. The van der Waals surface area contributed by atoms with Crippen LogP contribution in [-0.2, 0) is 11.3 Å². The van der Waals surface area contributed by atoms with Gasteiger partial charge in [0, 0.05) is 29.9 Å². The van der Waals surface area contributed by atoms with Crippen LogP contribution >= 0.6 is 11.6 Å². The van der Waals surface area contributed by atoms with E-state index < -0.39 is 0 Å². The minimum atomic E-state index is -0.0346. The minimum Gasteiger partial charge on any atom is -0.338 e. The number of rotatable bonds is 5. The highest BCUT2D eigenvalue weighted by Crippen LogP contribution is 2.24. The van der Waals surface area contributed by atoms with Gasteiger partial charge < -0.3 is 9.42 Å². The van der Waals surface area contributed by atoms with Gasteiger partial charge in [0.2, 0.25) is 17.6 Å². The molecule has 7 heteroatoms. The molecule has 2 aromatic carbocycles. The highest BCUT2D eigenvalue weighted by atomic mass is 35.5. The molecule has 1 aliphatic rings. The van der Waals surface area contributed by atoms with Crippen LogP contribution in [0.15, 0.2) is 59.1 Å². The van der Waals surface area contributed by atoms with Gasteiger partial charge in [0.1, 0.15) is 0 Å². The van der Waals surface area contributed by atoms with Gasteiger partial charge in [-0.25, -0.2) is 0 Å². The van der Waals surface area contributed by atoms with Crippen LogP contribution in [0.1, 0.15) is 18.7 Å². The van der Waals surface area contributed by atoms with Crippen molar-refractivity contribution < 1.29 is 9.32 Å². The second kappa shape index (κ2) is 8.76. The summed E-state index contributed by atoms with van der Waals surface area (Å²) >= 11 is 5.93. The Morgan fingerprint density at radius 3 is 2.72 bits per heavy atom. The van der Waals surface area contributed by atoms with E-state index >= 15 is 0 Å². The quantitative estimate of drug-likeness (QED) is 0.628. The fourth-order valence-corrected chi connectivity index (χ4v) is 3.81. The van der Waals surface area contributed by atoms with Gasteiger partial charge >= 0.3 is 0 Å². The van der Waals surface area contributed by atoms with E-state index in [0.717, 1.165) is 30.6 Å². The van der Waals surface area contributed by atoms with Crippen molar-refractivity contribution in [1.29, 1.82) is 0 Å². The number of carbonyl (C=O) groups excluding carboxylic acids is 1. The monoisotopic (exact) mass is 410 g/mol. The minimum absolute atomic E-state index is 0.0346. The number of amides is 1. The number of hydrogen-bond acceptors (Lipinski definition) is 5. The molecule has 6 nitrogen and oxygen atoms in total.